The SMILES string of the molecule is COCC1C=CCN1. The summed E-state index contributed by atoms with van der Waals surface area (Å²) in [5.41, 5.74) is 0. The summed E-state index contributed by atoms with van der Waals surface area (Å²) in [6.07, 6.45) is 4.24. The first-order chi connectivity index (χ1) is 3.93. The molecular formula is C6H11NO. The van der Waals surface area contributed by atoms with Gasteiger partial charge < -0.3 is 10.1 Å². The summed E-state index contributed by atoms with van der Waals surface area (Å²) in [7, 11) is 1.72. The van der Waals surface area contributed by atoms with Crippen LogP contribution in [-0.2, 0) is 4.74 Å². The van der Waals surface area contributed by atoms with Crippen LogP contribution in [-0.4, -0.2) is 26.3 Å². The zero-order valence-corrected chi connectivity index (χ0v) is 5.05. The van der Waals surface area contributed by atoms with Crippen LogP contribution >= 0.6 is 0 Å². The molecule has 1 aliphatic rings. The van der Waals surface area contributed by atoms with Crippen molar-refractivity contribution in [2.24, 2.45) is 0 Å². The molecule has 0 aliphatic carbocycles. The van der Waals surface area contributed by atoms with Crippen LogP contribution in [0.25, 0.3) is 0 Å². The Balaban J connectivity index is 2.16. The molecule has 0 amide bonds. The van der Waals surface area contributed by atoms with Crippen molar-refractivity contribution in [3.8, 4) is 0 Å². The van der Waals surface area contributed by atoms with Crippen LogP contribution in [0.2, 0.25) is 0 Å². The number of rotatable bonds is 2. The summed E-state index contributed by atoms with van der Waals surface area (Å²) in [6.45, 7) is 1.78. The van der Waals surface area contributed by atoms with Gasteiger partial charge in [0.1, 0.15) is 0 Å². The zero-order valence-electron chi connectivity index (χ0n) is 5.05. The lowest BCUT2D eigenvalue weighted by Gasteiger charge is -2.04. The molecule has 0 aromatic carbocycles. The van der Waals surface area contributed by atoms with E-state index in [1.807, 2.05) is 0 Å². The van der Waals surface area contributed by atoms with Gasteiger partial charge in [-0.2, -0.15) is 0 Å². The van der Waals surface area contributed by atoms with Crippen LogP contribution in [0.15, 0.2) is 12.2 Å². The summed E-state index contributed by atoms with van der Waals surface area (Å²) in [6, 6.07) is 0.458. The average Bonchev–Trinajstić information content (AvgIpc) is 2.19. The van der Waals surface area contributed by atoms with E-state index in [9.17, 15) is 0 Å². The molecule has 2 heteroatoms. The quantitative estimate of drug-likeness (QED) is 0.515. The maximum atomic E-state index is 4.91. The van der Waals surface area contributed by atoms with Crippen LogP contribution in [0.1, 0.15) is 0 Å². The van der Waals surface area contributed by atoms with Gasteiger partial charge in [-0.25, -0.2) is 0 Å². The van der Waals surface area contributed by atoms with E-state index in [-0.39, 0.29) is 0 Å². The molecule has 1 N–H and O–H groups in total. The first kappa shape index (κ1) is 5.79. The molecular weight excluding hydrogens is 102 g/mol. The Morgan fingerprint density at radius 2 is 2.75 bits per heavy atom. The fraction of sp³-hybridized carbons (Fsp3) is 0.667. The Hall–Kier alpha value is -0.340. The second-order valence-electron chi connectivity index (χ2n) is 1.90. The average molecular weight is 113 g/mol. The summed E-state index contributed by atoms with van der Waals surface area (Å²) >= 11 is 0. The maximum Gasteiger partial charge on any atom is 0.0651 e. The van der Waals surface area contributed by atoms with Crippen LogP contribution in [0.3, 0.4) is 0 Å². The topological polar surface area (TPSA) is 21.3 Å². The molecule has 1 unspecified atom stereocenters. The first-order valence-electron chi connectivity index (χ1n) is 2.82. The molecule has 1 aliphatic heterocycles. The Labute approximate surface area is 49.5 Å². The van der Waals surface area contributed by atoms with Gasteiger partial charge in [0.25, 0.3) is 0 Å². The van der Waals surface area contributed by atoms with E-state index in [0.717, 1.165) is 13.2 Å². The molecule has 8 heavy (non-hydrogen) atoms. The third-order valence-electron chi connectivity index (χ3n) is 1.21. The maximum absolute atomic E-state index is 4.91. The minimum atomic E-state index is 0.458. The normalized spacial score (nSPS) is 26.9. The van der Waals surface area contributed by atoms with Crippen molar-refractivity contribution in [3.05, 3.63) is 12.2 Å². The lowest BCUT2D eigenvalue weighted by molar-refractivity contribution is 0.184. The standard InChI is InChI=1S/C6H11NO/c1-8-5-6-3-2-4-7-6/h2-3,6-7H,4-5H2,1H3. The second kappa shape index (κ2) is 2.84. The highest BCUT2D eigenvalue weighted by Gasteiger charge is 2.04. The van der Waals surface area contributed by atoms with E-state index in [2.05, 4.69) is 17.5 Å². The molecule has 1 heterocycles. The third kappa shape index (κ3) is 1.32. The molecule has 0 bridgehead atoms. The van der Waals surface area contributed by atoms with E-state index < -0.39 is 0 Å². The largest absolute Gasteiger partial charge is 0.383 e. The van der Waals surface area contributed by atoms with Gasteiger partial charge in [-0.1, -0.05) is 12.2 Å². The van der Waals surface area contributed by atoms with Crippen molar-refractivity contribution in [2.45, 2.75) is 6.04 Å². The fourth-order valence-electron chi connectivity index (χ4n) is 0.814. The number of ether oxygens (including phenoxy) is 1. The van der Waals surface area contributed by atoms with Crippen molar-refractivity contribution in [1.82, 2.24) is 5.32 Å². The lowest BCUT2D eigenvalue weighted by Crippen LogP contribution is -2.26. The van der Waals surface area contributed by atoms with E-state index in [0.29, 0.717) is 6.04 Å². The number of hydrogen-bond acceptors (Lipinski definition) is 2. The number of hydrogen-bond donors (Lipinski definition) is 1. The molecule has 0 saturated heterocycles. The van der Waals surface area contributed by atoms with Crippen LogP contribution in [0.5, 0.6) is 0 Å². The van der Waals surface area contributed by atoms with Crippen molar-refractivity contribution in [3.63, 3.8) is 0 Å². The molecule has 0 aromatic rings. The predicted octanol–water partition coefficient (Wildman–Crippen LogP) is 0.161. The monoisotopic (exact) mass is 113 g/mol. The Kier molecular flexibility index (Phi) is 2.06. The Bertz CT molecular complexity index is 90.5. The van der Waals surface area contributed by atoms with Crippen molar-refractivity contribution >= 4 is 0 Å². The molecule has 0 spiro atoms. The van der Waals surface area contributed by atoms with Gasteiger partial charge in [-0.3, -0.25) is 0 Å². The molecule has 46 valence electrons. The van der Waals surface area contributed by atoms with E-state index in [1.165, 1.54) is 0 Å². The van der Waals surface area contributed by atoms with Gasteiger partial charge in [0.05, 0.1) is 6.61 Å². The molecule has 0 radical (unpaired) electrons. The minimum Gasteiger partial charge on any atom is -0.383 e. The molecule has 0 fully saturated rings. The van der Waals surface area contributed by atoms with E-state index in [4.69, 9.17) is 4.74 Å². The van der Waals surface area contributed by atoms with Crippen LogP contribution in [0.4, 0.5) is 0 Å². The van der Waals surface area contributed by atoms with E-state index in [1.54, 1.807) is 7.11 Å². The fourth-order valence-corrected chi connectivity index (χ4v) is 0.814. The summed E-state index contributed by atoms with van der Waals surface area (Å²) < 4.78 is 4.91. The lowest BCUT2D eigenvalue weighted by atomic mass is 10.3. The van der Waals surface area contributed by atoms with Crippen molar-refractivity contribution < 1.29 is 4.74 Å². The smallest absolute Gasteiger partial charge is 0.0651 e. The molecule has 2 nitrogen and oxygen atoms in total. The Morgan fingerprint density at radius 3 is 3.25 bits per heavy atom. The number of nitrogens with one attached hydrogen (secondary N) is 1. The first-order valence-corrected chi connectivity index (χ1v) is 2.82. The van der Waals surface area contributed by atoms with Gasteiger partial charge in [0.15, 0.2) is 0 Å². The van der Waals surface area contributed by atoms with Crippen molar-refractivity contribution in [1.29, 1.82) is 0 Å². The van der Waals surface area contributed by atoms with Crippen molar-refractivity contribution in [2.75, 3.05) is 20.3 Å². The predicted molar refractivity (Wildman–Crippen MR) is 32.8 cm³/mol. The highest BCUT2D eigenvalue weighted by molar-refractivity contribution is 5.01. The van der Waals surface area contributed by atoms with Gasteiger partial charge in [-0.15, -0.1) is 0 Å². The number of methoxy groups -OCH3 is 1. The summed E-state index contributed by atoms with van der Waals surface area (Å²) in [5.74, 6) is 0. The molecule has 1 rings (SSSR count). The highest BCUT2D eigenvalue weighted by Crippen LogP contribution is 1.93. The van der Waals surface area contributed by atoms with Crippen LogP contribution < -0.4 is 5.32 Å². The van der Waals surface area contributed by atoms with E-state index >= 15 is 0 Å². The minimum absolute atomic E-state index is 0.458. The van der Waals surface area contributed by atoms with Gasteiger partial charge >= 0.3 is 0 Å². The van der Waals surface area contributed by atoms with Gasteiger partial charge in [-0.05, 0) is 0 Å². The highest BCUT2D eigenvalue weighted by atomic mass is 16.5. The van der Waals surface area contributed by atoms with Gasteiger partial charge in [0, 0.05) is 19.7 Å². The molecule has 0 saturated carbocycles. The summed E-state index contributed by atoms with van der Waals surface area (Å²) in [5, 5.41) is 3.22. The summed E-state index contributed by atoms with van der Waals surface area (Å²) in [4.78, 5) is 0. The van der Waals surface area contributed by atoms with Gasteiger partial charge in [0.2, 0.25) is 0 Å². The molecule has 0 aromatic heterocycles. The van der Waals surface area contributed by atoms with Crippen LogP contribution in [0, 0.1) is 0 Å². The Morgan fingerprint density at radius 1 is 1.88 bits per heavy atom. The second-order valence-corrected chi connectivity index (χ2v) is 1.90. The zero-order chi connectivity index (χ0) is 5.82. The third-order valence-corrected chi connectivity index (χ3v) is 1.21. The molecule has 1 atom stereocenters.